The number of hydrogen-bond donors (Lipinski definition) is 0. The number of anilines is 3. The highest BCUT2D eigenvalue weighted by Gasteiger charge is 2.23. The minimum Gasteiger partial charge on any atom is -0.312 e. The summed E-state index contributed by atoms with van der Waals surface area (Å²) >= 11 is 3.94. The molecule has 0 saturated carbocycles. The number of aromatic nitrogens is 1. The molecule has 0 bridgehead atoms. The number of para-hydroxylation sites is 1. The first kappa shape index (κ1) is 31.6. The molecule has 0 saturated heterocycles. The summed E-state index contributed by atoms with van der Waals surface area (Å²) in [4.78, 5) is 2.14. The van der Waals surface area contributed by atoms with Crippen LogP contribution in [0, 0.1) is 19.7 Å². The van der Waals surface area contributed by atoms with Gasteiger partial charge in [-0.1, -0.05) is 97.9 Å². The Morgan fingerprint density at radius 3 is 1.64 bits per heavy atom. The maximum atomic E-state index is 15.6. The molecule has 1 aromatic heterocycles. The molecule has 5 rings (SSSR count). The molecule has 0 radical (unpaired) electrons. The number of fused-ring (bicyclic) bond motifs is 1. The molecule has 220 valence electrons. The van der Waals surface area contributed by atoms with E-state index in [4.69, 9.17) is 0 Å². The quantitative estimate of drug-likeness (QED) is 0.192. The fourth-order valence-corrected chi connectivity index (χ4v) is 5.96. The molecule has 0 unspecified atom stereocenters. The summed E-state index contributed by atoms with van der Waals surface area (Å²) in [6.07, 6.45) is 0. The Morgan fingerprint density at radius 2 is 1.17 bits per heavy atom. The molecule has 42 heavy (non-hydrogen) atoms. The largest absolute Gasteiger partial charge is 0.312 e. The van der Waals surface area contributed by atoms with Crippen LogP contribution in [0.5, 0.6) is 0 Å². The van der Waals surface area contributed by atoms with E-state index in [9.17, 15) is 0 Å². The molecule has 0 aliphatic heterocycles. The summed E-state index contributed by atoms with van der Waals surface area (Å²) in [5, 5.41) is 1.17. The molecule has 0 atom stereocenters. The predicted octanol–water partition coefficient (Wildman–Crippen LogP) is 12.2. The number of nitrogens with zero attached hydrogens (tertiary/aromatic N) is 2. The minimum absolute atomic E-state index is 0.0369. The Bertz CT molecular complexity index is 1620. The van der Waals surface area contributed by atoms with E-state index in [0.717, 1.165) is 38.4 Å². The number of hydrogen-bond acceptors (Lipinski definition) is 1. The molecule has 4 heteroatoms. The lowest BCUT2D eigenvalue weighted by atomic mass is 9.86. The number of rotatable bonds is 4. The second-order valence-corrected chi connectivity index (χ2v) is 13.5. The number of halogens is 2. The average molecular weight is 628 g/mol. The van der Waals surface area contributed by atoms with E-state index in [0.29, 0.717) is 0 Å². The van der Waals surface area contributed by atoms with Crippen molar-refractivity contribution in [3.63, 3.8) is 0 Å². The zero-order valence-corrected chi connectivity index (χ0v) is 28.3. The summed E-state index contributed by atoms with van der Waals surface area (Å²) < 4.78 is 18.6. The molecule has 2 nitrogen and oxygen atoms in total. The van der Waals surface area contributed by atoms with Crippen molar-refractivity contribution in [3.8, 4) is 5.69 Å². The number of aryl methyl sites for hydroxylation is 1. The first-order chi connectivity index (χ1) is 19.8. The van der Waals surface area contributed by atoms with Crippen molar-refractivity contribution < 1.29 is 4.39 Å². The van der Waals surface area contributed by atoms with E-state index in [-0.39, 0.29) is 16.6 Å². The van der Waals surface area contributed by atoms with Gasteiger partial charge in [-0.05, 0) is 99.8 Å². The molecule has 0 amide bonds. The molecule has 0 spiro atoms. The van der Waals surface area contributed by atoms with Gasteiger partial charge in [0.05, 0.1) is 21.4 Å². The topological polar surface area (TPSA) is 8.17 Å². The van der Waals surface area contributed by atoms with E-state index in [1.54, 1.807) is 12.1 Å². The summed E-state index contributed by atoms with van der Waals surface area (Å²) in [5.74, 6) is -0.286. The van der Waals surface area contributed by atoms with Crippen LogP contribution in [0.25, 0.3) is 16.6 Å². The molecule has 0 fully saturated rings. The normalized spacial score (nSPS) is 11.8. The van der Waals surface area contributed by atoms with Gasteiger partial charge in [0.15, 0.2) is 0 Å². The standard InChI is InChI=1S/C36H38BrFN2.C2H6/c1-23-24(2)39(31-12-10-9-11-30(23)31)32-21-27(38)22-33(34(32)37)40(28-17-13-25(14-18-28)35(3,4)5)29-19-15-26(16-20-29)36(6,7)8;1-2/h9-22H,1-8H3;1-2H3. The molecule has 0 N–H and O–H groups in total. The van der Waals surface area contributed by atoms with Crippen LogP contribution in [0.3, 0.4) is 0 Å². The van der Waals surface area contributed by atoms with Crippen molar-refractivity contribution in [2.24, 2.45) is 0 Å². The summed E-state index contributed by atoms with van der Waals surface area (Å²) in [7, 11) is 0. The van der Waals surface area contributed by atoms with Crippen molar-refractivity contribution in [3.05, 3.63) is 118 Å². The van der Waals surface area contributed by atoms with Gasteiger partial charge in [0.1, 0.15) is 5.82 Å². The Labute approximate surface area is 260 Å². The minimum atomic E-state index is -0.286. The van der Waals surface area contributed by atoms with Crippen LogP contribution in [0.15, 0.2) is 89.4 Å². The lowest BCUT2D eigenvalue weighted by molar-refractivity contribution is 0.590. The molecular formula is C38H44BrFN2. The maximum Gasteiger partial charge on any atom is 0.127 e. The van der Waals surface area contributed by atoms with Crippen LogP contribution in [0.2, 0.25) is 0 Å². The SMILES string of the molecule is CC.Cc1c(C)n(-c2cc(F)cc(N(c3ccc(C(C)(C)C)cc3)c3ccc(C(C)(C)C)cc3)c2Br)c2ccccc12. The van der Waals surface area contributed by atoms with Crippen molar-refractivity contribution >= 4 is 43.9 Å². The van der Waals surface area contributed by atoms with Crippen LogP contribution < -0.4 is 4.90 Å². The lowest BCUT2D eigenvalue weighted by Crippen LogP contribution is -2.15. The van der Waals surface area contributed by atoms with E-state index < -0.39 is 0 Å². The second-order valence-electron chi connectivity index (χ2n) is 12.8. The molecule has 5 aromatic rings. The van der Waals surface area contributed by atoms with E-state index in [1.165, 1.54) is 22.1 Å². The van der Waals surface area contributed by atoms with Gasteiger partial charge in [-0.15, -0.1) is 0 Å². The smallest absolute Gasteiger partial charge is 0.127 e. The maximum absolute atomic E-state index is 15.6. The zero-order chi connectivity index (χ0) is 31.0. The van der Waals surface area contributed by atoms with Gasteiger partial charge in [0.25, 0.3) is 0 Å². The van der Waals surface area contributed by atoms with Gasteiger partial charge >= 0.3 is 0 Å². The molecule has 1 heterocycles. The van der Waals surface area contributed by atoms with E-state index >= 15 is 4.39 Å². The monoisotopic (exact) mass is 626 g/mol. The molecule has 0 aliphatic rings. The van der Waals surface area contributed by atoms with Gasteiger partial charge in [0.2, 0.25) is 0 Å². The third kappa shape index (κ3) is 6.06. The first-order valence-corrected chi connectivity index (χ1v) is 15.6. The van der Waals surface area contributed by atoms with Crippen LogP contribution in [-0.4, -0.2) is 4.57 Å². The second kappa shape index (κ2) is 12.1. The fourth-order valence-electron chi connectivity index (χ4n) is 5.37. The highest BCUT2D eigenvalue weighted by molar-refractivity contribution is 9.10. The van der Waals surface area contributed by atoms with Crippen molar-refractivity contribution in [2.75, 3.05) is 4.90 Å². The Morgan fingerprint density at radius 1 is 0.690 bits per heavy atom. The molecule has 4 aromatic carbocycles. The van der Waals surface area contributed by atoms with Crippen LogP contribution >= 0.6 is 15.9 Å². The van der Waals surface area contributed by atoms with Crippen LogP contribution in [-0.2, 0) is 10.8 Å². The van der Waals surface area contributed by atoms with Gasteiger partial charge in [0, 0.05) is 22.5 Å². The fraction of sp³-hybridized carbons (Fsp3) is 0.316. The first-order valence-electron chi connectivity index (χ1n) is 14.8. The highest BCUT2D eigenvalue weighted by Crippen LogP contribution is 2.44. The Kier molecular flexibility index (Phi) is 9.08. The summed E-state index contributed by atoms with van der Waals surface area (Å²) in [5.41, 5.74) is 9.39. The van der Waals surface area contributed by atoms with Gasteiger partial charge in [-0.3, -0.25) is 0 Å². The van der Waals surface area contributed by atoms with Crippen molar-refractivity contribution in [1.29, 1.82) is 0 Å². The third-order valence-electron chi connectivity index (χ3n) is 7.89. The average Bonchev–Trinajstić information content (AvgIpc) is 3.21. The van der Waals surface area contributed by atoms with Gasteiger partial charge < -0.3 is 9.47 Å². The third-order valence-corrected chi connectivity index (χ3v) is 8.70. The summed E-state index contributed by atoms with van der Waals surface area (Å²) in [6.45, 7) is 21.5. The summed E-state index contributed by atoms with van der Waals surface area (Å²) in [6, 6.07) is 28.8. The number of benzene rings is 4. The van der Waals surface area contributed by atoms with Gasteiger partial charge in [-0.25, -0.2) is 4.39 Å². The molecular weight excluding hydrogens is 583 g/mol. The van der Waals surface area contributed by atoms with Crippen molar-refractivity contribution in [2.45, 2.75) is 80.1 Å². The predicted molar refractivity (Wildman–Crippen MR) is 184 cm³/mol. The Balaban J connectivity index is 0.00000198. The van der Waals surface area contributed by atoms with Gasteiger partial charge in [-0.2, -0.15) is 0 Å². The lowest BCUT2D eigenvalue weighted by Gasteiger charge is -2.29. The van der Waals surface area contributed by atoms with Crippen LogP contribution in [0.1, 0.15) is 77.8 Å². The van der Waals surface area contributed by atoms with Crippen molar-refractivity contribution in [1.82, 2.24) is 4.57 Å². The van der Waals surface area contributed by atoms with E-state index in [2.05, 4.69) is 148 Å². The zero-order valence-electron chi connectivity index (χ0n) is 26.7. The van der Waals surface area contributed by atoms with Crippen LogP contribution in [0.4, 0.5) is 21.5 Å². The molecule has 0 aliphatic carbocycles. The van der Waals surface area contributed by atoms with E-state index in [1.807, 2.05) is 19.9 Å². The Hall–Kier alpha value is -3.37. The highest BCUT2D eigenvalue weighted by atomic mass is 79.9.